The van der Waals surface area contributed by atoms with Gasteiger partial charge in [-0.3, -0.25) is 9.89 Å². The van der Waals surface area contributed by atoms with Gasteiger partial charge in [0.2, 0.25) is 15.9 Å². The third kappa shape index (κ3) is 4.35. The SMILES string of the molecule is CC(C)c1nc(CCN(C2CN(C(=O)c3cc(C4CC4)[nH]n3)C2)S(C)(=O)=O)no1. The van der Waals surface area contributed by atoms with Crippen molar-refractivity contribution in [1.29, 1.82) is 0 Å². The Morgan fingerprint density at radius 1 is 1.38 bits per heavy atom. The lowest BCUT2D eigenvalue weighted by molar-refractivity contribution is 0.0448. The van der Waals surface area contributed by atoms with E-state index >= 15 is 0 Å². The first-order chi connectivity index (χ1) is 13.7. The molecule has 0 aromatic carbocycles. The monoisotopic (exact) mass is 422 g/mol. The molecule has 1 N–H and O–H groups in total. The van der Waals surface area contributed by atoms with Crippen LogP contribution in [0.1, 0.15) is 66.4 Å². The minimum atomic E-state index is -3.43. The minimum Gasteiger partial charge on any atom is -0.339 e. The van der Waals surface area contributed by atoms with Gasteiger partial charge in [-0.05, 0) is 18.9 Å². The van der Waals surface area contributed by atoms with Gasteiger partial charge in [0.15, 0.2) is 5.82 Å². The molecule has 3 heterocycles. The van der Waals surface area contributed by atoms with Gasteiger partial charge >= 0.3 is 0 Å². The van der Waals surface area contributed by atoms with Crippen molar-refractivity contribution in [3.05, 3.63) is 29.2 Å². The van der Waals surface area contributed by atoms with Crippen molar-refractivity contribution in [1.82, 2.24) is 29.5 Å². The number of nitrogens with zero attached hydrogens (tertiary/aromatic N) is 5. The zero-order chi connectivity index (χ0) is 20.8. The van der Waals surface area contributed by atoms with Crippen LogP contribution in [0.25, 0.3) is 0 Å². The quantitative estimate of drug-likeness (QED) is 0.676. The summed E-state index contributed by atoms with van der Waals surface area (Å²) in [6.45, 7) is 4.85. The van der Waals surface area contributed by atoms with Crippen molar-refractivity contribution >= 4 is 15.9 Å². The number of H-pyrrole nitrogens is 1. The van der Waals surface area contributed by atoms with E-state index in [1.165, 1.54) is 10.6 Å². The zero-order valence-electron chi connectivity index (χ0n) is 16.8. The van der Waals surface area contributed by atoms with Gasteiger partial charge in [0.1, 0.15) is 5.69 Å². The highest BCUT2D eigenvalue weighted by molar-refractivity contribution is 7.88. The first-order valence-electron chi connectivity index (χ1n) is 9.86. The number of rotatable bonds is 8. The number of likely N-dealkylation sites (tertiary alicyclic amines) is 1. The number of hydrogen-bond donors (Lipinski definition) is 1. The van der Waals surface area contributed by atoms with Gasteiger partial charge < -0.3 is 9.42 Å². The van der Waals surface area contributed by atoms with E-state index in [1.807, 2.05) is 19.9 Å². The lowest BCUT2D eigenvalue weighted by atomic mass is 10.1. The number of aromatic nitrogens is 4. The maximum absolute atomic E-state index is 12.6. The number of carbonyl (C=O) groups is 1. The van der Waals surface area contributed by atoms with Crippen LogP contribution in [0.5, 0.6) is 0 Å². The van der Waals surface area contributed by atoms with Crippen LogP contribution in [0.15, 0.2) is 10.6 Å². The molecule has 0 radical (unpaired) electrons. The van der Waals surface area contributed by atoms with E-state index in [-0.39, 0.29) is 24.4 Å². The average Bonchev–Trinajstić information content (AvgIpc) is 3.15. The fourth-order valence-corrected chi connectivity index (χ4v) is 4.55. The molecule has 2 aromatic heterocycles. The number of carbonyl (C=O) groups excluding carboxylic acids is 1. The average molecular weight is 423 g/mol. The van der Waals surface area contributed by atoms with Gasteiger partial charge in [0, 0.05) is 43.6 Å². The molecule has 0 bridgehead atoms. The second kappa shape index (κ2) is 7.52. The Balaban J connectivity index is 1.35. The molecular formula is C18H26N6O4S. The van der Waals surface area contributed by atoms with E-state index in [0.29, 0.717) is 42.8 Å². The Bertz CT molecular complexity index is 988. The standard InChI is InChI=1S/C18H26N6O4S/c1-11(2)17-19-16(22-28-17)6-7-24(29(3,26)27)13-9-23(10-13)18(25)15-8-14(20-21-15)12-4-5-12/h8,11-13H,4-7,9-10H2,1-3H3,(H,20,21). The summed E-state index contributed by atoms with van der Waals surface area (Å²) < 4.78 is 31.1. The number of aromatic amines is 1. The Morgan fingerprint density at radius 3 is 2.69 bits per heavy atom. The van der Waals surface area contributed by atoms with Crippen LogP contribution >= 0.6 is 0 Å². The molecule has 1 amide bonds. The molecule has 0 atom stereocenters. The second-order valence-electron chi connectivity index (χ2n) is 8.17. The van der Waals surface area contributed by atoms with E-state index in [9.17, 15) is 13.2 Å². The summed E-state index contributed by atoms with van der Waals surface area (Å²) >= 11 is 0. The zero-order valence-corrected chi connectivity index (χ0v) is 17.6. The summed E-state index contributed by atoms with van der Waals surface area (Å²) in [6, 6.07) is 1.55. The summed E-state index contributed by atoms with van der Waals surface area (Å²) in [5.41, 5.74) is 1.40. The van der Waals surface area contributed by atoms with Gasteiger partial charge in [-0.25, -0.2) is 8.42 Å². The summed E-state index contributed by atoms with van der Waals surface area (Å²) in [4.78, 5) is 18.5. The van der Waals surface area contributed by atoms with E-state index in [1.54, 1.807) is 4.90 Å². The van der Waals surface area contributed by atoms with Crippen LogP contribution in [0, 0.1) is 0 Å². The fraction of sp³-hybridized carbons (Fsp3) is 0.667. The van der Waals surface area contributed by atoms with E-state index in [4.69, 9.17) is 4.52 Å². The molecule has 0 spiro atoms. The van der Waals surface area contributed by atoms with Crippen LogP contribution in [0.2, 0.25) is 0 Å². The Morgan fingerprint density at radius 2 is 2.10 bits per heavy atom. The summed E-state index contributed by atoms with van der Waals surface area (Å²) in [5, 5.41) is 11.0. The largest absolute Gasteiger partial charge is 0.339 e. The summed E-state index contributed by atoms with van der Waals surface area (Å²) in [7, 11) is -3.43. The molecule has 10 nitrogen and oxygen atoms in total. The molecule has 1 saturated carbocycles. The van der Waals surface area contributed by atoms with Gasteiger partial charge in [0.05, 0.1) is 12.3 Å². The molecule has 4 rings (SSSR count). The third-order valence-electron chi connectivity index (χ3n) is 5.35. The Kier molecular flexibility index (Phi) is 5.19. The smallest absolute Gasteiger partial charge is 0.274 e. The van der Waals surface area contributed by atoms with Crippen molar-refractivity contribution in [2.75, 3.05) is 25.9 Å². The molecular weight excluding hydrogens is 396 g/mol. The molecule has 2 fully saturated rings. The van der Waals surface area contributed by atoms with Gasteiger partial charge in [-0.2, -0.15) is 14.4 Å². The maximum Gasteiger partial charge on any atom is 0.274 e. The van der Waals surface area contributed by atoms with Crippen molar-refractivity contribution in [3.8, 4) is 0 Å². The normalized spacial score (nSPS) is 17.9. The van der Waals surface area contributed by atoms with E-state index in [2.05, 4.69) is 20.3 Å². The summed E-state index contributed by atoms with van der Waals surface area (Å²) in [5.74, 6) is 1.47. The topological polar surface area (TPSA) is 125 Å². The molecule has 1 saturated heterocycles. The highest BCUT2D eigenvalue weighted by atomic mass is 32.2. The van der Waals surface area contributed by atoms with Crippen LogP contribution in [0.4, 0.5) is 0 Å². The van der Waals surface area contributed by atoms with Crippen molar-refractivity contribution in [2.45, 2.75) is 51.0 Å². The lowest BCUT2D eigenvalue weighted by Gasteiger charge is -2.43. The lowest BCUT2D eigenvalue weighted by Crippen LogP contribution is -2.62. The van der Waals surface area contributed by atoms with Crippen molar-refractivity contribution in [2.24, 2.45) is 0 Å². The Labute approximate surface area is 169 Å². The van der Waals surface area contributed by atoms with Gasteiger partial charge in [0.25, 0.3) is 5.91 Å². The number of nitrogens with one attached hydrogen (secondary N) is 1. The van der Waals surface area contributed by atoms with E-state index < -0.39 is 10.0 Å². The summed E-state index contributed by atoms with van der Waals surface area (Å²) in [6.07, 6.45) is 3.80. The van der Waals surface area contributed by atoms with Crippen LogP contribution in [0.3, 0.4) is 0 Å². The van der Waals surface area contributed by atoms with Crippen LogP contribution in [-0.4, -0.2) is 75.8 Å². The number of sulfonamides is 1. The molecule has 11 heteroatoms. The van der Waals surface area contributed by atoms with Crippen LogP contribution in [-0.2, 0) is 16.4 Å². The first kappa shape index (κ1) is 20.0. The predicted molar refractivity (Wildman–Crippen MR) is 104 cm³/mol. The molecule has 2 aliphatic rings. The fourth-order valence-electron chi connectivity index (χ4n) is 3.45. The highest BCUT2D eigenvalue weighted by Gasteiger charge is 2.40. The molecule has 158 valence electrons. The molecule has 1 aliphatic heterocycles. The molecule has 29 heavy (non-hydrogen) atoms. The second-order valence-corrected chi connectivity index (χ2v) is 10.1. The highest BCUT2D eigenvalue weighted by Crippen LogP contribution is 2.39. The maximum atomic E-state index is 12.6. The van der Waals surface area contributed by atoms with Crippen molar-refractivity contribution in [3.63, 3.8) is 0 Å². The van der Waals surface area contributed by atoms with E-state index in [0.717, 1.165) is 18.5 Å². The number of hydrogen-bond acceptors (Lipinski definition) is 7. The van der Waals surface area contributed by atoms with Gasteiger partial charge in [-0.15, -0.1) is 0 Å². The third-order valence-corrected chi connectivity index (χ3v) is 6.68. The first-order valence-corrected chi connectivity index (χ1v) is 11.7. The van der Waals surface area contributed by atoms with Crippen LogP contribution < -0.4 is 0 Å². The Hall–Kier alpha value is -2.27. The minimum absolute atomic E-state index is 0.121. The number of amides is 1. The molecule has 1 aliphatic carbocycles. The molecule has 0 unspecified atom stereocenters. The van der Waals surface area contributed by atoms with Crippen molar-refractivity contribution < 1.29 is 17.7 Å². The molecule has 2 aromatic rings. The van der Waals surface area contributed by atoms with Gasteiger partial charge in [-0.1, -0.05) is 19.0 Å². The predicted octanol–water partition coefficient (Wildman–Crippen LogP) is 1.12.